The molecule has 1 unspecified atom stereocenters. The Morgan fingerprint density at radius 3 is 0.939 bits per heavy atom. The minimum absolute atomic E-state index is 0.0781. The second-order valence-electron chi connectivity index (χ2n) is 18.5. The summed E-state index contributed by atoms with van der Waals surface area (Å²) in [4.78, 5) is 37.8. The highest BCUT2D eigenvalue weighted by Gasteiger charge is 2.19. The molecule has 0 spiro atoms. The summed E-state index contributed by atoms with van der Waals surface area (Å²) >= 11 is 0. The number of hydrogen-bond acceptors (Lipinski definition) is 6. The quantitative estimate of drug-likeness (QED) is 0.0262. The van der Waals surface area contributed by atoms with Crippen LogP contribution in [0.3, 0.4) is 0 Å². The molecule has 0 saturated heterocycles. The van der Waals surface area contributed by atoms with Crippen molar-refractivity contribution in [3.05, 3.63) is 72.9 Å². The summed E-state index contributed by atoms with van der Waals surface area (Å²) in [6, 6.07) is 0. The van der Waals surface area contributed by atoms with Crippen LogP contribution in [0.5, 0.6) is 0 Å². The van der Waals surface area contributed by atoms with Crippen molar-refractivity contribution in [3.63, 3.8) is 0 Å². The average molecular weight is 921 g/mol. The van der Waals surface area contributed by atoms with Gasteiger partial charge in [-0.3, -0.25) is 14.4 Å². The molecule has 0 aromatic heterocycles. The van der Waals surface area contributed by atoms with Crippen molar-refractivity contribution in [1.82, 2.24) is 0 Å². The summed E-state index contributed by atoms with van der Waals surface area (Å²) < 4.78 is 16.7. The van der Waals surface area contributed by atoms with Gasteiger partial charge in [0.2, 0.25) is 0 Å². The van der Waals surface area contributed by atoms with Crippen LogP contribution < -0.4 is 0 Å². The first kappa shape index (κ1) is 62.8. The van der Waals surface area contributed by atoms with Crippen LogP contribution in [0.4, 0.5) is 0 Å². The van der Waals surface area contributed by atoms with Crippen LogP contribution in [0.15, 0.2) is 72.9 Å². The highest BCUT2D eigenvalue weighted by atomic mass is 16.6. The smallest absolute Gasteiger partial charge is 0.306 e. The van der Waals surface area contributed by atoms with Crippen molar-refractivity contribution in [2.75, 3.05) is 13.2 Å². The molecule has 0 fully saturated rings. The number of rotatable bonds is 50. The third-order valence-corrected chi connectivity index (χ3v) is 11.9. The first-order chi connectivity index (χ1) is 32.5. The molecule has 0 saturated carbocycles. The molecule has 0 aromatic carbocycles. The molecule has 0 heterocycles. The molecule has 6 nitrogen and oxygen atoms in total. The molecular weight excluding hydrogens is 817 g/mol. The van der Waals surface area contributed by atoms with Gasteiger partial charge in [-0.1, -0.05) is 235 Å². The lowest BCUT2D eigenvalue weighted by Crippen LogP contribution is -2.30. The van der Waals surface area contributed by atoms with Gasteiger partial charge in [0.1, 0.15) is 13.2 Å². The van der Waals surface area contributed by atoms with Crippen LogP contribution in [-0.2, 0) is 28.6 Å². The van der Waals surface area contributed by atoms with E-state index >= 15 is 0 Å². The number of carbonyl (C=O) groups is 3. The van der Waals surface area contributed by atoms with Crippen LogP contribution in [0, 0.1) is 0 Å². The maximum atomic E-state index is 12.8. The molecule has 0 N–H and O–H groups in total. The zero-order valence-electron chi connectivity index (χ0n) is 43.4. The monoisotopic (exact) mass is 921 g/mol. The van der Waals surface area contributed by atoms with Gasteiger partial charge in [0.05, 0.1) is 0 Å². The Balaban J connectivity index is 4.16. The Bertz CT molecular complexity index is 1240. The Kier molecular flexibility index (Phi) is 51.9. The average Bonchev–Trinajstić information content (AvgIpc) is 3.31. The van der Waals surface area contributed by atoms with Gasteiger partial charge >= 0.3 is 17.9 Å². The van der Waals surface area contributed by atoms with Gasteiger partial charge in [0.15, 0.2) is 6.10 Å². The van der Waals surface area contributed by atoms with Crippen molar-refractivity contribution in [2.45, 2.75) is 277 Å². The van der Waals surface area contributed by atoms with Gasteiger partial charge < -0.3 is 14.2 Å². The largest absolute Gasteiger partial charge is 0.462 e. The van der Waals surface area contributed by atoms with E-state index in [2.05, 4.69) is 93.7 Å². The first-order valence-corrected chi connectivity index (χ1v) is 27.9. The summed E-state index contributed by atoms with van der Waals surface area (Å²) in [5.74, 6) is -0.893. The van der Waals surface area contributed by atoms with Crippen LogP contribution in [-0.4, -0.2) is 37.2 Å². The fraction of sp³-hybridized carbons (Fsp3) is 0.750. The predicted molar refractivity (Wildman–Crippen MR) is 284 cm³/mol. The molecule has 6 heteroatoms. The standard InChI is InChI=1S/C60H104O6/c1-4-7-10-13-16-18-20-22-24-26-27-28-29-30-31-32-33-35-36-38-40-42-44-47-50-53-59(62)65-56-57(55-64-58(61)52-49-46-15-12-9-6-3)66-60(63)54-51-48-45-43-41-39-37-34-25-23-21-19-17-14-11-8-5-2/h7,10,16,18,22-25,27-28,30-31,57H,4-6,8-9,11-15,17,19-21,26,29,32-56H2,1-3H3/b10-7-,18-16-,24-22-,25-23-,28-27-,31-30-. The second kappa shape index (κ2) is 54.5. The van der Waals surface area contributed by atoms with E-state index in [1.165, 1.54) is 135 Å². The topological polar surface area (TPSA) is 78.9 Å². The Hall–Kier alpha value is -3.15. The maximum Gasteiger partial charge on any atom is 0.306 e. The Morgan fingerprint density at radius 2 is 0.591 bits per heavy atom. The lowest BCUT2D eigenvalue weighted by atomic mass is 10.1. The number of carbonyl (C=O) groups excluding carboxylic acids is 3. The summed E-state index contributed by atoms with van der Waals surface area (Å²) in [6.45, 7) is 6.47. The molecular formula is C60H104O6. The summed E-state index contributed by atoms with van der Waals surface area (Å²) in [5, 5.41) is 0. The van der Waals surface area contributed by atoms with E-state index in [-0.39, 0.29) is 31.1 Å². The first-order valence-electron chi connectivity index (χ1n) is 27.9. The van der Waals surface area contributed by atoms with Gasteiger partial charge in [0, 0.05) is 19.3 Å². The fourth-order valence-corrected chi connectivity index (χ4v) is 7.76. The van der Waals surface area contributed by atoms with Crippen molar-refractivity contribution in [1.29, 1.82) is 0 Å². The zero-order valence-corrected chi connectivity index (χ0v) is 43.4. The fourth-order valence-electron chi connectivity index (χ4n) is 7.76. The number of hydrogen-bond donors (Lipinski definition) is 0. The molecule has 66 heavy (non-hydrogen) atoms. The van der Waals surface area contributed by atoms with E-state index in [0.29, 0.717) is 19.3 Å². The summed E-state index contributed by atoms with van der Waals surface area (Å²) in [5.41, 5.74) is 0. The molecule has 1 atom stereocenters. The van der Waals surface area contributed by atoms with Crippen LogP contribution in [0.2, 0.25) is 0 Å². The maximum absolute atomic E-state index is 12.8. The Labute approximate surface area is 408 Å². The van der Waals surface area contributed by atoms with Gasteiger partial charge in [0.25, 0.3) is 0 Å². The lowest BCUT2D eigenvalue weighted by Gasteiger charge is -2.18. The highest BCUT2D eigenvalue weighted by Crippen LogP contribution is 2.15. The van der Waals surface area contributed by atoms with Crippen LogP contribution >= 0.6 is 0 Å². The van der Waals surface area contributed by atoms with Crippen molar-refractivity contribution < 1.29 is 28.6 Å². The number of ether oxygens (including phenoxy) is 3. The number of allylic oxidation sites excluding steroid dienone is 12. The number of esters is 3. The van der Waals surface area contributed by atoms with Gasteiger partial charge in [-0.25, -0.2) is 0 Å². The molecule has 0 amide bonds. The van der Waals surface area contributed by atoms with E-state index < -0.39 is 6.10 Å². The second-order valence-corrected chi connectivity index (χ2v) is 18.5. The lowest BCUT2D eigenvalue weighted by molar-refractivity contribution is -0.167. The van der Waals surface area contributed by atoms with Crippen molar-refractivity contribution >= 4 is 17.9 Å². The van der Waals surface area contributed by atoms with Gasteiger partial charge in [-0.2, -0.15) is 0 Å². The molecule has 0 aromatic rings. The molecule has 0 rings (SSSR count). The normalized spacial score (nSPS) is 12.6. The zero-order chi connectivity index (χ0) is 47.9. The minimum atomic E-state index is -0.776. The molecule has 380 valence electrons. The molecule has 0 bridgehead atoms. The van der Waals surface area contributed by atoms with E-state index in [0.717, 1.165) is 96.3 Å². The SMILES string of the molecule is CC/C=C\C/C=C\C/C=C\C/C=C\C/C=C\CCCCCCCCCCCC(=O)OCC(COC(=O)CCCCCCCC)OC(=O)CCCCCCCCC/C=C\CCCCCCCC. The molecule has 0 aliphatic rings. The Morgan fingerprint density at radius 1 is 0.318 bits per heavy atom. The predicted octanol–water partition coefficient (Wildman–Crippen LogP) is 18.6. The van der Waals surface area contributed by atoms with E-state index in [1.54, 1.807) is 0 Å². The van der Waals surface area contributed by atoms with Crippen molar-refractivity contribution in [2.24, 2.45) is 0 Å². The third-order valence-electron chi connectivity index (χ3n) is 11.9. The molecule has 0 aliphatic heterocycles. The van der Waals surface area contributed by atoms with Gasteiger partial charge in [-0.15, -0.1) is 0 Å². The third kappa shape index (κ3) is 51.8. The number of unbranched alkanes of at least 4 members (excludes halogenated alkanes) is 27. The summed E-state index contributed by atoms with van der Waals surface area (Å²) in [7, 11) is 0. The van der Waals surface area contributed by atoms with E-state index in [1.807, 2.05) is 0 Å². The highest BCUT2D eigenvalue weighted by molar-refractivity contribution is 5.71. The summed E-state index contributed by atoms with van der Waals surface area (Å²) in [6.07, 6.45) is 69.2. The van der Waals surface area contributed by atoms with Gasteiger partial charge in [-0.05, 0) is 89.9 Å². The van der Waals surface area contributed by atoms with E-state index in [9.17, 15) is 14.4 Å². The van der Waals surface area contributed by atoms with E-state index in [4.69, 9.17) is 14.2 Å². The molecule has 0 aliphatic carbocycles. The van der Waals surface area contributed by atoms with Crippen LogP contribution in [0.1, 0.15) is 271 Å². The molecule has 0 radical (unpaired) electrons. The van der Waals surface area contributed by atoms with Crippen molar-refractivity contribution in [3.8, 4) is 0 Å². The van der Waals surface area contributed by atoms with Crippen LogP contribution in [0.25, 0.3) is 0 Å². The minimum Gasteiger partial charge on any atom is -0.462 e.